The van der Waals surface area contributed by atoms with Gasteiger partial charge < -0.3 is 20.3 Å². The number of nitrogens with one attached hydrogen (secondary N) is 1. The molecule has 1 fully saturated rings. The highest BCUT2D eigenvalue weighted by atomic mass is 32.2. The zero-order valence-corrected chi connectivity index (χ0v) is 14.0. The number of carbonyl (C=O) groups is 5. The third-order valence-electron chi connectivity index (χ3n) is 3.58. The molecule has 0 radical (unpaired) electrons. The van der Waals surface area contributed by atoms with Gasteiger partial charge in [-0.1, -0.05) is 0 Å². The first-order valence-corrected chi connectivity index (χ1v) is 8.31. The summed E-state index contributed by atoms with van der Waals surface area (Å²) in [7, 11) is 0. The smallest absolute Gasteiger partial charge is 0.352 e. The average molecular weight is 372 g/mol. The number of carboxylic acid groups (broad SMARTS) is 2. The van der Waals surface area contributed by atoms with Gasteiger partial charge in [0.25, 0.3) is 5.91 Å². The fourth-order valence-corrected chi connectivity index (χ4v) is 3.78. The Morgan fingerprint density at radius 3 is 2.52 bits per heavy atom. The Bertz CT molecular complexity index is 674. The molecule has 2 aliphatic heterocycles. The van der Waals surface area contributed by atoms with Gasteiger partial charge in [0.15, 0.2) is 0 Å². The van der Waals surface area contributed by atoms with Crippen LogP contribution in [-0.4, -0.2) is 68.6 Å². The molecular formula is C14H16N2O8S. The number of aliphatic carboxylic acids is 2. The molecule has 25 heavy (non-hydrogen) atoms. The van der Waals surface area contributed by atoms with E-state index in [1.54, 1.807) is 0 Å². The van der Waals surface area contributed by atoms with E-state index in [1.807, 2.05) is 0 Å². The van der Waals surface area contributed by atoms with Gasteiger partial charge in [0.05, 0.1) is 6.42 Å². The van der Waals surface area contributed by atoms with Crippen LogP contribution in [0.1, 0.15) is 19.8 Å². The summed E-state index contributed by atoms with van der Waals surface area (Å²) in [5.41, 5.74) is 0.0546. The van der Waals surface area contributed by atoms with E-state index in [1.165, 1.54) is 18.7 Å². The Morgan fingerprint density at radius 1 is 1.28 bits per heavy atom. The Hall–Kier alpha value is -2.56. The Kier molecular flexibility index (Phi) is 5.67. The van der Waals surface area contributed by atoms with E-state index >= 15 is 0 Å². The van der Waals surface area contributed by atoms with Crippen LogP contribution in [0.15, 0.2) is 11.3 Å². The number of hydrogen-bond donors (Lipinski definition) is 3. The molecule has 0 aromatic heterocycles. The fraction of sp³-hybridized carbons (Fsp3) is 0.500. The second kappa shape index (κ2) is 7.55. The maximum Gasteiger partial charge on any atom is 0.352 e. The van der Waals surface area contributed by atoms with Crippen molar-refractivity contribution in [2.24, 2.45) is 0 Å². The molecular weight excluding hydrogens is 356 g/mol. The molecule has 2 atom stereocenters. The zero-order chi connectivity index (χ0) is 18.7. The molecule has 1 saturated heterocycles. The summed E-state index contributed by atoms with van der Waals surface area (Å²) in [6.07, 6.45) is -0.628. The minimum absolute atomic E-state index is 0.226. The van der Waals surface area contributed by atoms with Crippen LogP contribution in [-0.2, 0) is 28.7 Å². The number of amides is 2. The van der Waals surface area contributed by atoms with E-state index in [-0.39, 0.29) is 30.9 Å². The minimum atomic E-state index is -1.32. The van der Waals surface area contributed by atoms with Crippen LogP contribution in [0.5, 0.6) is 0 Å². The van der Waals surface area contributed by atoms with Gasteiger partial charge in [-0.05, 0) is 0 Å². The number of rotatable bonds is 7. The number of fused-ring (bicyclic) bond motifs is 1. The van der Waals surface area contributed by atoms with E-state index in [9.17, 15) is 29.1 Å². The Balaban J connectivity index is 2.08. The third kappa shape index (κ3) is 4.10. The summed E-state index contributed by atoms with van der Waals surface area (Å²) < 4.78 is 4.81. The summed E-state index contributed by atoms with van der Waals surface area (Å²) in [6, 6.07) is -0.907. The largest absolute Gasteiger partial charge is 0.481 e. The predicted molar refractivity (Wildman–Crippen MR) is 83.2 cm³/mol. The van der Waals surface area contributed by atoms with Gasteiger partial charge in [-0.15, -0.1) is 11.8 Å². The summed E-state index contributed by atoms with van der Waals surface area (Å²) in [6.45, 7) is 0.966. The summed E-state index contributed by atoms with van der Waals surface area (Å²) in [4.78, 5) is 57.8. The normalized spacial score (nSPS) is 22.0. The van der Waals surface area contributed by atoms with Crippen LogP contribution in [0.25, 0.3) is 0 Å². The highest BCUT2D eigenvalue weighted by Gasteiger charge is 2.54. The van der Waals surface area contributed by atoms with Crippen LogP contribution in [0, 0.1) is 0 Å². The maximum absolute atomic E-state index is 12.2. The van der Waals surface area contributed by atoms with Crippen LogP contribution in [0.3, 0.4) is 0 Å². The summed E-state index contributed by atoms with van der Waals surface area (Å²) >= 11 is 1.23. The second-order valence-corrected chi connectivity index (χ2v) is 6.49. The number of esters is 1. The average Bonchev–Trinajstić information content (AvgIpc) is 2.54. The molecule has 11 heteroatoms. The summed E-state index contributed by atoms with van der Waals surface area (Å²) in [5.74, 6) is -3.98. The van der Waals surface area contributed by atoms with Gasteiger partial charge in [-0.3, -0.25) is 24.1 Å². The van der Waals surface area contributed by atoms with Crippen LogP contribution < -0.4 is 5.32 Å². The topological polar surface area (TPSA) is 150 Å². The Labute approximate surface area is 146 Å². The molecule has 10 nitrogen and oxygen atoms in total. The van der Waals surface area contributed by atoms with Gasteiger partial charge in [0.1, 0.15) is 23.7 Å². The molecule has 0 aliphatic carbocycles. The first-order valence-electron chi connectivity index (χ1n) is 7.27. The Morgan fingerprint density at radius 2 is 1.96 bits per heavy atom. The van der Waals surface area contributed by atoms with Crippen molar-refractivity contribution >= 4 is 41.5 Å². The molecule has 136 valence electrons. The highest BCUT2D eigenvalue weighted by Crippen LogP contribution is 2.40. The standard InChI is InChI=1S/C14H16N2O8S/c1-6(17)24-4-7-5-25-13-10(15-8(18)2-3-9(19)20)12(21)16(13)11(7)14(22)23/h10,13H,2-5H2,1H3,(H,15,18)(H,19,20)(H,22,23). The van der Waals surface area contributed by atoms with E-state index in [0.717, 1.165) is 4.90 Å². The van der Waals surface area contributed by atoms with Crippen molar-refractivity contribution < 1.29 is 38.9 Å². The number of thioether (sulfide) groups is 1. The molecule has 0 aromatic rings. The molecule has 0 bridgehead atoms. The van der Waals surface area contributed by atoms with Crippen LogP contribution in [0.4, 0.5) is 0 Å². The van der Waals surface area contributed by atoms with Gasteiger partial charge in [-0.2, -0.15) is 0 Å². The fourth-order valence-electron chi connectivity index (χ4n) is 2.45. The van der Waals surface area contributed by atoms with Crippen LogP contribution in [0.2, 0.25) is 0 Å². The first-order chi connectivity index (χ1) is 11.7. The molecule has 0 spiro atoms. The molecule has 2 aliphatic rings. The van der Waals surface area contributed by atoms with E-state index in [4.69, 9.17) is 9.84 Å². The second-order valence-electron chi connectivity index (χ2n) is 5.39. The highest BCUT2D eigenvalue weighted by molar-refractivity contribution is 8.00. The van der Waals surface area contributed by atoms with Gasteiger partial charge >= 0.3 is 17.9 Å². The molecule has 2 unspecified atom stereocenters. The van der Waals surface area contributed by atoms with Crippen molar-refractivity contribution in [3.8, 4) is 0 Å². The van der Waals surface area contributed by atoms with Crippen molar-refractivity contribution in [1.29, 1.82) is 0 Å². The van der Waals surface area contributed by atoms with Gasteiger partial charge in [0.2, 0.25) is 5.91 Å². The number of ether oxygens (including phenoxy) is 1. The van der Waals surface area contributed by atoms with Gasteiger partial charge in [-0.25, -0.2) is 4.79 Å². The number of β-lactam (4-membered cyclic amide) rings is 1. The van der Waals surface area contributed by atoms with E-state index in [0.29, 0.717) is 5.57 Å². The van der Waals surface area contributed by atoms with Crippen molar-refractivity contribution in [3.63, 3.8) is 0 Å². The number of nitrogens with zero attached hydrogens (tertiary/aromatic N) is 1. The molecule has 2 rings (SSSR count). The maximum atomic E-state index is 12.2. The number of hydrogen-bond acceptors (Lipinski definition) is 7. The lowest BCUT2D eigenvalue weighted by Crippen LogP contribution is -2.70. The van der Waals surface area contributed by atoms with Crippen LogP contribution >= 0.6 is 11.8 Å². The number of carboxylic acids is 2. The molecule has 2 heterocycles. The number of carbonyl (C=O) groups excluding carboxylic acids is 3. The van der Waals surface area contributed by atoms with E-state index < -0.39 is 41.1 Å². The monoisotopic (exact) mass is 372 g/mol. The molecule has 3 N–H and O–H groups in total. The van der Waals surface area contributed by atoms with Crippen molar-refractivity contribution in [3.05, 3.63) is 11.3 Å². The lowest BCUT2D eigenvalue weighted by Gasteiger charge is -2.49. The zero-order valence-electron chi connectivity index (χ0n) is 13.2. The third-order valence-corrected chi connectivity index (χ3v) is 4.92. The van der Waals surface area contributed by atoms with Crippen molar-refractivity contribution in [2.45, 2.75) is 31.2 Å². The van der Waals surface area contributed by atoms with Crippen molar-refractivity contribution in [2.75, 3.05) is 12.4 Å². The SMILES string of the molecule is CC(=O)OCC1=C(C(=O)O)N2C(=O)C(NC(=O)CCC(=O)O)C2SC1. The van der Waals surface area contributed by atoms with E-state index in [2.05, 4.69) is 5.32 Å². The molecule has 0 aromatic carbocycles. The van der Waals surface area contributed by atoms with Crippen molar-refractivity contribution in [1.82, 2.24) is 10.2 Å². The predicted octanol–water partition coefficient (Wildman–Crippen LogP) is -0.847. The summed E-state index contributed by atoms with van der Waals surface area (Å²) in [5, 5.41) is 19.8. The minimum Gasteiger partial charge on any atom is -0.481 e. The quantitative estimate of drug-likeness (QED) is 0.383. The molecule has 2 amide bonds. The first kappa shape index (κ1) is 18.8. The lowest BCUT2D eigenvalue weighted by molar-refractivity contribution is -0.151. The molecule has 0 saturated carbocycles. The lowest BCUT2D eigenvalue weighted by atomic mass is 10.0. The van der Waals surface area contributed by atoms with Gasteiger partial charge in [0, 0.05) is 24.7 Å².